The van der Waals surface area contributed by atoms with Crippen molar-refractivity contribution in [1.82, 2.24) is 4.90 Å². The Morgan fingerprint density at radius 1 is 1.29 bits per heavy atom. The van der Waals surface area contributed by atoms with E-state index in [-0.39, 0.29) is 0 Å². The van der Waals surface area contributed by atoms with Gasteiger partial charge in [-0.2, -0.15) is 0 Å². The number of esters is 1. The van der Waals surface area contributed by atoms with Crippen LogP contribution in [0.1, 0.15) is 45.3 Å². The Bertz CT molecular complexity index is 627. The SMILES string of the molecule is C#C[C@@H](OC(=O)[C@@H]1CCCN1C(=O)OC(C)(C)C)c1ccccc1. The van der Waals surface area contributed by atoms with Crippen molar-refractivity contribution < 1.29 is 19.1 Å². The molecule has 0 unspecified atom stereocenters. The van der Waals surface area contributed by atoms with Gasteiger partial charge in [-0.05, 0) is 33.6 Å². The lowest BCUT2D eigenvalue weighted by Crippen LogP contribution is -2.44. The van der Waals surface area contributed by atoms with E-state index >= 15 is 0 Å². The zero-order chi connectivity index (χ0) is 17.7. The number of nitrogens with zero attached hydrogens (tertiary/aromatic N) is 1. The van der Waals surface area contributed by atoms with Crippen molar-refractivity contribution in [3.8, 4) is 12.3 Å². The molecule has 5 nitrogen and oxygen atoms in total. The standard InChI is InChI=1S/C19H23NO4/c1-5-16(14-10-7-6-8-11-14)23-17(21)15-12-9-13-20(15)18(22)24-19(2,3)4/h1,6-8,10-11,15-16H,9,12-13H2,2-4H3/t15-,16+/m0/s1. The highest BCUT2D eigenvalue weighted by Gasteiger charge is 2.38. The highest BCUT2D eigenvalue weighted by Crippen LogP contribution is 2.24. The van der Waals surface area contributed by atoms with E-state index in [4.69, 9.17) is 15.9 Å². The summed E-state index contributed by atoms with van der Waals surface area (Å²) in [7, 11) is 0. The molecule has 0 saturated carbocycles. The molecular formula is C19H23NO4. The summed E-state index contributed by atoms with van der Waals surface area (Å²) in [5.74, 6) is 1.98. The van der Waals surface area contributed by atoms with E-state index in [9.17, 15) is 9.59 Å². The summed E-state index contributed by atoms with van der Waals surface area (Å²) < 4.78 is 10.8. The molecule has 1 aromatic rings. The largest absolute Gasteiger partial charge is 0.444 e. The van der Waals surface area contributed by atoms with Crippen LogP contribution in [-0.4, -0.2) is 35.2 Å². The average Bonchev–Trinajstić information content (AvgIpc) is 3.01. The van der Waals surface area contributed by atoms with Crippen LogP contribution in [0.15, 0.2) is 30.3 Å². The van der Waals surface area contributed by atoms with Crippen molar-refractivity contribution in [2.45, 2.75) is 51.4 Å². The Morgan fingerprint density at radius 2 is 1.96 bits per heavy atom. The van der Waals surface area contributed by atoms with Crippen LogP contribution in [0.3, 0.4) is 0 Å². The van der Waals surface area contributed by atoms with Crippen molar-refractivity contribution >= 4 is 12.1 Å². The van der Waals surface area contributed by atoms with Gasteiger partial charge in [0.25, 0.3) is 0 Å². The second-order valence-corrected chi connectivity index (χ2v) is 6.73. The van der Waals surface area contributed by atoms with Gasteiger partial charge >= 0.3 is 12.1 Å². The van der Waals surface area contributed by atoms with Crippen molar-refractivity contribution in [1.29, 1.82) is 0 Å². The molecule has 1 aromatic carbocycles. The van der Waals surface area contributed by atoms with E-state index in [2.05, 4.69) is 5.92 Å². The first-order chi connectivity index (χ1) is 11.3. The van der Waals surface area contributed by atoms with Crippen molar-refractivity contribution in [2.75, 3.05) is 6.54 Å². The Morgan fingerprint density at radius 3 is 2.54 bits per heavy atom. The van der Waals surface area contributed by atoms with Crippen molar-refractivity contribution in [2.24, 2.45) is 0 Å². The molecule has 24 heavy (non-hydrogen) atoms. The maximum absolute atomic E-state index is 12.5. The molecule has 1 aliphatic rings. The molecule has 1 fully saturated rings. The van der Waals surface area contributed by atoms with Crippen molar-refractivity contribution in [3.63, 3.8) is 0 Å². The van der Waals surface area contributed by atoms with Gasteiger partial charge in [-0.25, -0.2) is 9.59 Å². The molecule has 1 heterocycles. The third-order valence-electron chi connectivity index (χ3n) is 3.64. The minimum Gasteiger partial charge on any atom is -0.444 e. The summed E-state index contributed by atoms with van der Waals surface area (Å²) in [6.45, 7) is 5.84. The molecule has 1 amide bonds. The quantitative estimate of drug-likeness (QED) is 0.631. The van der Waals surface area contributed by atoms with E-state index in [0.717, 1.165) is 12.0 Å². The minimum atomic E-state index is -0.764. The molecule has 2 rings (SSSR count). The second-order valence-electron chi connectivity index (χ2n) is 6.73. The molecule has 0 aromatic heterocycles. The zero-order valence-corrected chi connectivity index (χ0v) is 14.3. The topological polar surface area (TPSA) is 55.8 Å². The maximum atomic E-state index is 12.5. The van der Waals surface area contributed by atoms with Gasteiger partial charge < -0.3 is 9.47 Å². The summed E-state index contributed by atoms with van der Waals surface area (Å²) in [5, 5.41) is 0. The van der Waals surface area contributed by atoms with Gasteiger partial charge in [0.2, 0.25) is 0 Å². The third-order valence-corrected chi connectivity index (χ3v) is 3.64. The first-order valence-electron chi connectivity index (χ1n) is 8.03. The van der Waals surface area contributed by atoms with E-state index in [1.165, 1.54) is 4.90 Å². The lowest BCUT2D eigenvalue weighted by atomic mass is 10.1. The molecule has 0 aliphatic carbocycles. The van der Waals surface area contributed by atoms with Crippen molar-refractivity contribution in [3.05, 3.63) is 35.9 Å². The minimum absolute atomic E-state index is 0.473. The number of terminal acetylenes is 1. The van der Waals surface area contributed by atoms with Gasteiger partial charge in [0.15, 0.2) is 6.10 Å². The monoisotopic (exact) mass is 329 g/mol. The smallest absolute Gasteiger partial charge is 0.411 e. The van der Waals surface area contributed by atoms with Gasteiger partial charge in [0, 0.05) is 12.1 Å². The average molecular weight is 329 g/mol. The predicted molar refractivity (Wildman–Crippen MR) is 90.1 cm³/mol. The lowest BCUT2D eigenvalue weighted by Gasteiger charge is -2.28. The van der Waals surface area contributed by atoms with Crippen LogP contribution in [0, 0.1) is 12.3 Å². The molecule has 0 bridgehead atoms. The molecule has 1 aliphatic heterocycles. The normalized spacial score (nSPS) is 18.6. The highest BCUT2D eigenvalue weighted by molar-refractivity contribution is 5.82. The molecular weight excluding hydrogens is 306 g/mol. The fraction of sp³-hybridized carbons (Fsp3) is 0.474. The van der Waals surface area contributed by atoms with Crippen LogP contribution in [0.5, 0.6) is 0 Å². The van der Waals surface area contributed by atoms with E-state index < -0.39 is 29.8 Å². The first-order valence-corrected chi connectivity index (χ1v) is 8.03. The van der Waals surface area contributed by atoms with Crippen LogP contribution < -0.4 is 0 Å². The molecule has 1 saturated heterocycles. The van der Waals surface area contributed by atoms with Crippen LogP contribution in [0.25, 0.3) is 0 Å². The number of rotatable bonds is 3. The van der Waals surface area contributed by atoms with Gasteiger partial charge in [-0.3, -0.25) is 4.90 Å². The molecule has 0 radical (unpaired) electrons. The highest BCUT2D eigenvalue weighted by atomic mass is 16.6. The number of benzene rings is 1. The number of likely N-dealkylation sites (tertiary alicyclic amines) is 1. The second kappa shape index (κ2) is 7.39. The van der Waals surface area contributed by atoms with Gasteiger partial charge in [-0.15, -0.1) is 6.42 Å². The Hall–Kier alpha value is -2.48. The summed E-state index contributed by atoms with van der Waals surface area (Å²) in [6.07, 6.45) is 5.50. The number of ether oxygens (including phenoxy) is 2. The maximum Gasteiger partial charge on any atom is 0.411 e. The predicted octanol–water partition coefficient (Wildman–Crippen LogP) is 3.30. The molecule has 5 heteroatoms. The van der Waals surface area contributed by atoms with Crippen LogP contribution >= 0.6 is 0 Å². The number of hydrogen-bond acceptors (Lipinski definition) is 4. The fourth-order valence-corrected chi connectivity index (χ4v) is 2.57. The first kappa shape index (κ1) is 17.9. The van der Waals surface area contributed by atoms with E-state index in [1.54, 1.807) is 32.9 Å². The number of amides is 1. The summed E-state index contributed by atoms with van der Waals surface area (Å²) in [4.78, 5) is 26.2. The lowest BCUT2D eigenvalue weighted by molar-refractivity contribution is -0.152. The Labute approximate surface area is 142 Å². The molecule has 2 atom stereocenters. The summed E-state index contributed by atoms with van der Waals surface area (Å²) in [6, 6.07) is 8.47. The van der Waals surface area contributed by atoms with E-state index in [0.29, 0.717) is 13.0 Å². The third kappa shape index (κ3) is 4.51. The van der Waals surface area contributed by atoms with Gasteiger partial charge in [0.1, 0.15) is 11.6 Å². The molecule has 0 spiro atoms. The summed E-state index contributed by atoms with van der Waals surface area (Å²) >= 11 is 0. The number of hydrogen-bond donors (Lipinski definition) is 0. The van der Waals surface area contributed by atoms with Crippen LogP contribution in [0.2, 0.25) is 0 Å². The molecule has 0 N–H and O–H groups in total. The number of carbonyl (C=O) groups excluding carboxylic acids is 2. The fourth-order valence-electron chi connectivity index (χ4n) is 2.57. The van der Waals surface area contributed by atoms with Crippen LogP contribution in [0.4, 0.5) is 4.79 Å². The Kier molecular flexibility index (Phi) is 5.50. The van der Waals surface area contributed by atoms with Gasteiger partial charge in [0.05, 0.1) is 0 Å². The summed E-state index contributed by atoms with van der Waals surface area (Å²) in [5.41, 5.74) is 0.120. The molecule has 128 valence electrons. The van der Waals surface area contributed by atoms with Crippen LogP contribution in [-0.2, 0) is 14.3 Å². The number of carbonyl (C=O) groups is 2. The Balaban J connectivity index is 2.05. The van der Waals surface area contributed by atoms with Gasteiger partial charge in [-0.1, -0.05) is 36.3 Å². The van der Waals surface area contributed by atoms with E-state index in [1.807, 2.05) is 18.2 Å². The zero-order valence-electron chi connectivity index (χ0n) is 14.3.